The van der Waals surface area contributed by atoms with E-state index >= 15 is 0 Å². The molecule has 6 nitrogen and oxygen atoms in total. The first-order valence-electron chi connectivity index (χ1n) is 7.05. The number of aliphatic carboxylic acids is 1. The first-order valence-corrected chi connectivity index (χ1v) is 7.05. The molecule has 0 radical (unpaired) electrons. The van der Waals surface area contributed by atoms with Crippen molar-refractivity contribution in [1.29, 1.82) is 0 Å². The summed E-state index contributed by atoms with van der Waals surface area (Å²) < 4.78 is 10.7. The maximum absolute atomic E-state index is 12.2. The monoisotopic (exact) mass is 291 g/mol. The number of carboxylic acids is 1. The van der Waals surface area contributed by atoms with Crippen molar-refractivity contribution in [2.24, 2.45) is 11.8 Å². The number of benzene rings is 1. The van der Waals surface area contributed by atoms with Crippen LogP contribution in [0, 0.1) is 11.8 Å². The van der Waals surface area contributed by atoms with E-state index < -0.39 is 17.8 Å². The van der Waals surface area contributed by atoms with Crippen molar-refractivity contribution in [1.82, 2.24) is 5.32 Å². The number of nitrogens with one attached hydrogen (secondary N) is 1. The number of fused-ring (bicyclic) bond motifs is 1. The van der Waals surface area contributed by atoms with Gasteiger partial charge >= 0.3 is 5.97 Å². The van der Waals surface area contributed by atoms with Crippen LogP contribution in [-0.2, 0) is 16.1 Å². The molecule has 2 N–H and O–H groups in total. The van der Waals surface area contributed by atoms with Crippen LogP contribution in [0.25, 0.3) is 0 Å². The Balaban J connectivity index is 1.64. The van der Waals surface area contributed by atoms with Crippen molar-refractivity contribution in [2.75, 3.05) is 6.79 Å². The molecule has 2 unspecified atom stereocenters. The Morgan fingerprint density at radius 1 is 1.24 bits per heavy atom. The van der Waals surface area contributed by atoms with Crippen molar-refractivity contribution < 1.29 is 24.2 Å². The first kappa shape index (κ1) is 13.7. The summed E-state index contributed by atoms with van der Waals surface area (Å²) in [6.07, 6.45) is 1.99. The molecule has 1 aliphatic heterocycles. The van der Waals surface area contributed by atoms with Gasteiger partial charge in [0.2, 0.25) is 12.7 Å². The molecule has 1 aliphatic carbocycles. The lowest BCUT2D eigenvalue weighted by Crippen LogP contribution is -2.34. The maximum Gasteiger partial charge on any atom is 0.307 e. The van der Waals surface area contributed by atoms with Gasteiger partial charge < -0.3 is 19.9 Å². The molecular weight excluding hydrogens is 274 g/mol. The third-order valence-electron chi connectivity index (χ3n) is 4.10. The number of hydrogen-bond acceptors (Lipinski definition) is 4. The molecule has 0 saturated heterocycles. The maximum atomic E-state index is 12.2. The van der Waals surface area contributed by atoms with E-state index in [1.807, 2.05) is 18.2 Å². The predicted molar refractivity (Wildman–Crippen MR) is 72.9 cm³/mol. The van der Waals surface area contributed by atoms with Crippen molar-refractivity contribution >= 4 is 11.9 Å². The Morgan fingerprint density at radius 2 is 2.05 bits per heavy atom. The third-order valence-corrected chi connectivity index (χ3v) is 4.10. The molecule has 3 rings (SSSR count). The molecule has 1 aromatic rings. The van der Waals surface area contributed by atoms with Crippen LogP contribution in [0.2, 0.25) is 0 Å². The number of ether oxygens (including phenoxy) is 2. The number of rotatable bonds is 4. The third kappa shape index (κ3) is 2.66. The average molecular weight is 291 g/mol. The van der Waals surface area contributed by atoms with Crippen molar-refractivity contribution in [3.05, 3.63) is 23.8 Å². The summed E-state index contributed by atoms with van der Waals surface area (Å²) in [4.78, 5) is 23.3. The molecule has 2 atom stereocenters. The van der Waals surface area contributed by atoms with Crippen LogP contribution < -0.4 is 14.8 Å². The Kier molecular flexibility index (Phi) is 3.68. The second-order valence-corrected chi connectivity index (χ2v) is 5.35. The minimum Gasteiger partial charge on any atom is -0.481 e. The number of amides is 1. The molecule has 1 heterocycles. The highest BCUT2D eigenvalue weighted by molar-refractivity contribution is 5.85. The van der Waals surface area contributed by atoms with Gasteiger partial charge in [-0.1, -0.05) is 18.6 Å². The smallest absolute Gasteiger partial charge is 0.307 e. The zero-order chi connectivity index (χ0) is 14.8. The van der Waals surface area contributed by atoms with Crippen LogP contribution >= 0.6 is 0 Å². The minimum atomic E-state index is -0.884. The summed E-state index contributed by atoms with van der Waals surface area (Å²) in [6.45, 7) is 0.498. The number of carboxylic acid groups (broad SMARTS) is 1. The van der Waals surface area contributed by atoms with Gasteiger partial charge in [0.15, 0.2) is 11.5 Å². The zero-order valence-electron chi connectivity index (χ0n) is 11.5. The van der Waals surface area contributed by atoms with E-state index in [1.54, 1.807) is 0 Å². The van der Waals surface area contributed by atoms with Gasteiger partial charge in [0, 0.05) is 12.1 Å². The fourth-order valence-corrected chi connectivity index (χ4v) is 3.01. The van der Waals surface area contributed by atoms with Crippen LogP contribution in [0.1, 0.15) is 24.8 Å². The summed E-state index contributed by atoms with van der Waals surface area (Å²) in [5, 5.41) is 11.9. The Hall–Kier alpha value is -2.24. The highest BCUT2D eigenvalue weighted by Crippen LogP contribution is 2.36. The highest BCUT2D eigenvalue weighted by Gasteiger charge is 2.37. The molecule has 0 spiro atoms. The van der Waals surface area contributed by atoms with E-state index in [2.05, 4.69) is 5.32 Å². The fraction of sp³-hybridized carbons (Fsp3) is 0.467. The number of para-hydroxylation sites is 1. The first-order chi connectivity index (χ1) is 10.2. The van der Waals surface area contributed by atoms with Crippen LogP contribution in [0.3, 0.4) is 0 Å². The van der Waals surface area contributed by atoms with Gasteiger partial charge in [0.25, 0.3) is 0 Å². The molecule has 0 bridgehead atoms. The van der Waals surface area contributed by atoms with Gasteiger partial charge in [0.05, 0.1) is 11.8 Å². The summed E-state index contributed by atoms with van der Waals surface area (Å²) in [5.74, 6) is -0.756. The summed E-state index contributed by atoms with van der Waals surface area (Å²) in [7, 11) is 0. The van der Waals surface area contributed by atoms with Gasteiger partial charge in [-0.15, -0.1) is 0 Å². The SMILES string of the molecule is O=C(O)C1CCCC1C(=O)NCc1cccc2c1OCO2. The lowest BCUT2D eigenvalue weighted by Gasteiger charge is -2.16. The van der Waals surface area contributed by atoms with E-state index in [0.29, 0.717) is 30.9 Å². The molecule has 1 amide bonds. The molecular formula is C15H17NO5. The number of hydrogen-bond donors (Lipinski definition) is 2. The van der Waals surface area contributed by atoms with E-state index in [0.717, 1.165) is 12.0 Å². The van der Waals surface area contributed by atoms with Crippen LogP contribution in [-0.4, -0.2) is 23.8 Å². The van der Waals surface area contributed by atoms with Gasteiger partial charge in [-0.25, -0.2) is 0 Å². The Bertz CT molecular complexity index is 571. The lowest BCUT2D eigenvalue weighted by atomic mass is 9.95. The van der Waals surface area contributed by atoms with Crippen molar-refractivity contribution in [3.8, 4) is 11.5 Å². The summed E-state index contributed by atoms with van der Waals surface area (Å²) in [5.41, 5.74) is 0.836. The predicted octanol–water partition coefficient (Wildman–Crippen LogP) is 1.53. The molecule has 0 aromatic heterocycles. The van der Waals surface area contributed by atoms with E-state index in [9.17, 15) is 9.59 Å². The molecule has 6 heteroatoms. The second-order valence-electron chi connectivity index (χ2n) is 5.35. The largest absolute Gasteiger partial charge is 0.481 e. The Morgan fingerprint density at radius 3 is 2.86 bits per heavy atom. The second kappa shape index (κ2) is 5.63. The van der Waals surface area contributed by atoms with E-state index in [1.165, 1.54) is 0 Å². The van der Waals surface area contributed by atoms with E-state index in [4.69, 9.17) is 14.6 Å². The summed E-state index contributed by atoms with van der Waals surface area (Å²) in [6, 6.07) is 5.51. The van der Waals surface area contributed by atoms with E-state index in [-0.39, 0.29) is 12.7 Å². The zero-order valence-corrected chi connectivity index (χ0v) is 11.5. The molecule has 21 heavy (non-hydrogen) atoms. The van der Waals surface area contributed by atoms with Gasteiger partial charge in [-0.2, -0.15) is 0 Å². The van der Waals surface area contributed by atoms with Crippen LogP contribution in [0.5, 0.6) is 11.5 Å². The quantitative estimate of drug-likeness (QED) is 0.879. The topological polar surface area (TPSA) is 84.9 Å². The Labute approximate surface area is 122 Å². The lowest BCUT2D eigenvalue weighted by molar-refractivity contribution is -0.146. The van der Waals surface area contributed by atoms with Crippen LogP contribution in [0.4, 0.5) is 0 Å². The van der Waals surface area contributed by atoms with Crippen molar-refractivity contribution in [2.45, 2.75) is 25.8 Å². The molecule has 112 valence electrons. The molecule has 1 saturated carbocycles. The molecule has 1 fully saturated rings. The molecule has 2 aliphatic rings. The van der Waals surface area contributed by atoms with Crippen molar-refractivity contribution in [3.63, 3.8) is 0 Å². The van der Waals surface area contributed by atoms with Gasteiger partial charge in [0.1, 0.15) is 0 Å². The summed E-state index contributed by atoms with van der Waals surface area (Å²) >= 11 is 0. The fourth-order valence-electron chi connectivity index (χ4n) is 3.01. The van der Waals surface area contributed by atoms with Crippen LogP contribution in [0.15, 0.2) is 18.2 Å². The number of carbonyl (C=O) groups is 2. The standard InChI is InChI=1S/C15H17NO5/c17-14(10-4-2-5-11(10)15(18)19)16-7-9-3-1-6-12-13(9)21-8-20-12/h1,3,6,10-11H,2,4-5,7-8H2,(H,16,17)(H,18,19). The van der Waals surface area contributed by atoms with Gasteiger partial charge in [-0.05, 0) is 18.9 Å². The highest BCUT2D eigenvalue weighted by atomic mass is 16.7. The van der Waals surface area contributed by atoms with Gasteiger partial charge in [-0.3, -0.25) is 9.59 Å². The number of carbonyl (C=O) groups excluding carboxylic acids is 1. The normalized spacial score (nSPS) is 23.0. The average Bonchev–Trinajstić information content (AvgIpc) is 3.12. The molecule has 1 aromatic carbocycles. The minimum absolute atomic E-state index is 0.185.